The van der Waals surface area contributed by atoms with Gasteiger partial charge in [0.1, 0.15) is 11.4 Å². The van der Waals surface area contributed by atoms with Crippen LogP contribution < -0.4 is 0 Å². The van der Waals surface area contributed by atoms with Crippen LogP contribution in [0.3, 0.4) is 0 Å². The number of fused-ring (bicyclic) bond motifs is 5. The van der Waals surface area contributed by atoms with Gasteiger partial charge >= 0.3 is 0 Å². The highest BCUT2D eigenvalue weighted by Gasteiger charge is 2.55. The summed E-state index contributed by atoms with van der Waals surface area (Å²) < 4.78 is 21.9. The van der Waals surface area contributed by atoms with Crippen LogP contribution in [-0.2, 0) is 4.74 Å². The molecule has 0 aromatic rings. The highest BCUT2D eigenvalue weighted by molar-refractivity contribution is 5.26. The number of rotatable bonds is 4. The molecule has 7 aliphatic rings. The van der Waals surface area contributed by atoms with E-state index < -0.39 is 5.60 Å². The molecule has 0 heterocycles. The molecule has 7 rings (SSSR count). The molecular formula is C24H37FO2. The summed E-state index contributed by atoms with van der Waals surface area (Å²) in [5.41, 5.74) is 0.348. The largest absolute Gasteiger partial charge is 0.393 e. The molecule has 7 aliphatic carbocycles. The molecule has 0 unspecified atom stereocenters. The van der Waals surface area contributed by atoms with E-state index in [2.05, 4.69) is 6.92 Å². The standard InChI is InChI=1S/C24H37FO2/c1-21-6-9-22(10-7-21,11-8-21)17-27-24-14-12-23(13-15-24,16-20(24)25)18-2-4-19(26)5-3-18/h16,18-19,26H,2-15,17H2,1H3. The van der Waals surface area contributed by atoms with Gasteiger partial charge in [-0.2, -0.15) is 0 Å². The predicted octanol–water partition coefficient (Wildman–Crippen LogP) is 6.08. The van der Waals surface area contributed by atoms with Crippen molar-refractivity contribution in [2.75, 3.05) is 6.61 Å². The molecule has 0 amide bonds. The van der Waals surface area contributed by atoms with Crippen molar-refractivity contribution >= 4 is 0 Å². The molecule has 0 atom stereocenters. The molecule has 0 aliphatic heterocycles. The summed E-state index contributed by atoms with van der Waals surface area (Å²) in [6.45, 7) is 3.22. The fourth-order valence-corrected chi connectivity index (χ4v) is 7.24. The Hall–Kier alpha value is -0.410. The van der Waals surface area contributed by atoms with Gasteiger partial charge in [0.15, 0.2) is 0 Å². The molecule has 0 aromatic carbocycles. The normalized spacial score (nSPS) is 52.0. The molecule has 5 saturated carbocycles. The van der Waals surface area contributed by atoms with Crippen molar-refractivity contribution in [1.29, 1.82) is 0 Å². The first-order chi connectivity index (χ1) is 12.9. The van der Waals surface area contributed by atoms with E-state index in [1.54, 1.807) is 0 Å². The average Bonchev–Trinajstić information content (AvgIpc) is 2.69. The number of hydrogen-bond donors (Lipinski definition) is 1. The summed E-state index contributed by atoms with van der Waals surface area (Å²) in [5.74, 6) is 0.594. The van der Waals surface area contributed by atoms with Crippen molar-refractivity contribution in [3.05, 3.63) is 11.9 Å². The van der Waals surface area contributed by atoms with E-state index in [9.17, 15) is 5.11 Å². The van der Waals surface area contributed by atoms with E-state index in [-0.39, 0.29) is 17.3 Å². The summed E-state index contributed by atoms with van der Waals surface area (Å²) in [6.07, 6.45) is 17.5. The second-order valence-electron chi connectivity index (χ2n) is 11.3. The van der Waals surface area contributed by atoms with E-state index in [0.29, 0.717) is 16.7 Å². The Kier molecular flexibility index (Phi) is 4.34. The van der Waals surface area contributed by atoms with Gasteiger partial charge in [-0.05, 0) is 118 Å². The van der Waals surface area contributed by atoms with Gasteiger partial charge in [0.2, 0.25) is 0 Å². The third-order valence-electron chi connectivity index (χ3n) is 9.78. The third-order valence-corrected chi connectivity index (χ3v) is 9.78. The van der Waals surface area contributed by atoms with Crippen LogP contribution in [0.2, 0.25) is 0 Å². The molecular weight excluding hydrogens is 339 g/mol. The summed E-state index contributed by atoms with van der Waals surface area (Å²) in [7, 11) is 0. The van der Waals surface area contributed by atoms with Gasteiger partial charge in [-0.15, -0.1) is 0 Å². The molecule has 0 aromatic heterocycles. The maximum Gasteiger partial charge on any atom is 0.128 e. The fraction of sp³-hybridized carbons (Fsp3) is 0.917. The van der Waals surface area contributed by atoms with Crippen LogP contribution in [0.15, 0.2) is 11.9 Å². The summed E-state index contributed by atoms with van der Waals surface area (Å²) in [6, 6.07) is 0. The zero-order valence-corrected chi connectivity index (χ0v) is 17.1. The molecule has 3 heteroatoms. The summed E-state index contributed by atoms with van der Waals surface area (Å²) in [5, 5.41) is 9.84. The number of halogens is 1. The lowest BCUT2D eigenvalue weighted by Crippen LogP contribution is -2.51. The van der Waals surface area contributed by atoms with Gasteiger partial charge < -0.3 is 9.84 Å². The van der Waals surface area contributed by atoms with Crippen LogP contribution in [0.25, 0.3) is 0 Å². The van der Waals surface area contributed by atoms with Gasteiger partial charge in [0, 0.05) is 0 Å². The van der Waals surface area contributed by atoms with Crippen LogP contribution in [0.5, 0.6) is 0 Å². The zero-order chi connectivity index (χ0) is 18.8. The molecule has 2 nitrogen and oxygen atoms in total. The molecule has 5 fully saturated rings. The van der Waals surface area contributed by atoms with Crippen LogP contribution in [0, 0.1) is 22.2 Å². The lowest BCUT2D eigenvalue weighted by Gasteiger charge is -2.56. The first kappa shape index (κ1) is 18.6. The second-order valence-corrected chi connectivity index (χ2v) is 11.3. The molecule has 0 spiro atoms. The van der Waals surface area contributed by atoms with Crippen LogP contribution in [0.4, 0.5) is 4.39 Å². The van der Waals surface area contributed by atoms with Crippen molar-refractivity contribution < 1.29 is 14.2 Å². The minimum atomic E-state index is -0.608. The smallest absolute Gasteiger partial charge is 0.128 e. The maximum absolute atomic E-state index is 15.4. The molecule has 0 radical (unpaired) electrons. The van der Waals surface area contributed by atoms with E-state index in [1.807, 2.05) is 6.08 Å². The number of ether oxygens (including phenoxy) is 1. The SMILES string of the molecule is CC12CCC(COC34CCC(C5CCC(O)CC5)(C=C3F)CC4)(CC1)CC2. The quantitative estimate of drug-likeness (QED) is 0.644. The van der Waals surface area contributed by atoms with E-state index in [0.717, 1.165) is 58.0 Å². The van der Waals surface area contributed by atoms with Crippen LogP contribution >= 0.6 is 0 Å². The minimum Gasteiger partial charge on any atom is -0.393 e. The topological polar surface area (TPSA) is 29.5 Å². The van der Waals surface area contributed by atoms with E-state index in [4.69, 9.17) is 4.74 Å². The highest BCUT2D eigenvalue weighted by Crippen LogP contribution is 2.61. The number of hydrogen-bond acceptors (Lipinski definition) is 2. The predicted molar refractivity (Wildman–Crippen MR) is 105 cm³/mol. The Bertz CT molecular complexity index is 583. The lowest BCUT2D eigenvalue weighted by atomic mass is 9.54. The van der Waals surface area contributed by atoms with E-state index in [1.165, 1.54) is 38.5 Å². The number of aliphatic hydroxyl groups excluding tert-OH is 1. The van der Waals surface area contributed by atoms with Crippen molar-refractivity contribution in [1.82, 2.24) is 0 Å². The van der Waals surface area contributed by atoms with Gasteiger partial charge in [-0.25, -0.2) is 4.39 Å². The highest BCUT2D eigenvalue weighted by atomic mass is 19.1. The fourth-order valence-electron chi connectivity index (χ4n) is 7.24. The Labute approximate surface area is 163 Å². The summed E-state index contributed by atoms with van der Waals surface area (Å²) >= 11 is 0. The zero-order valence-electron chi connectivity index (χ0n) is 17.1. The Balaban J connectivity index is 1.27. The molecule has 27 heavy (non-hydrogen) atoms. The van der Waals surface area contributed by atoms with Crippen molar-refractivity contribution in [3.8, 4) is 0 Å². The minimum absolute atomic E-state index is 0.0407. The monoisotopic (exact) mass is 376 g/mol. The summed E-state index contributed by atoms with van der Waals surface area (Å²) in [4.78, 5) is 0. The lowest BCUT2D eigenvalue weighted by molar-refractivity contribution is -0.147. The van der Waals surface area contributed by atoms with Gasteiger partial charge in [0.25, 0.3) is 0 Å². The molecule has 152 valence electrons. The number of allylic oxidation sites excluding steroid dienone is 1. The first-order valence-electron chi connectivity index (χ1n) is 11.6. The Morgan fingerprint density at radius 2 is 1.52 bits per heavy atom. The van der Waals surface area contributed by atoms with Gasteiger partial charge in [0.05, 0.1) is 12.7 Å². The van der Waals surface area contributed by atoms with Crippen LogP contribution in [-0.4, -0.2) is 23.4 Å². The molecule has 0 saturated heterocycles. The maximum atomic E-state index is 15.4. The first-order valence-corrected chi connectivity index (χ1v) is 11.6. The van der Waals surface area contributed by atoms with Gasteiger partial charge in [-0.3, -0.25) is 0 Å². The van der Waals surface area contributed by atoms with Crippen LogP contribution in [0.1, 0.15) is 96.8 Å². The van der Waals surface area contributed by atoms with Crippen molar-refractivity contribution in [2.24, 2.45) is 22.2 Å². The van der Waals surface area contributed by atoms with Crippen molar-refractivity contribution in [2.45, 2.75) is 109 Å². The van der Waals surface area contributed by atoms with E-state index >= 15 is 4.39 Å². The second kappa shape index (κ2) is 6.29. The Morgan fingerprint density at radius 1 is 0.926 bits per heavy atom. The van der Waals surface area contributed by atoms with Crippen molar-refractivity contribution in [3.63, 3.8) is 0 Å². The average molecular weight is 377 g/mol. The third kappa shape index (κ3) is 3.03. The molecule has 4 bridgehead atoms. The Morgan fingerprint density at radius 3 is 2.07 bits per heavy atom. The van der Waals surface area contributed by atoms with Gasteiger partial charge in [-0.1, -0.05) is 6.92 Å². The molecule has 1 N–H and O–H groups in total. The number of aliphatic hydroxyl groups is 1.